The fourth-order valence-electron chi connectivity index (χ4n) is 2.23. The van der Waals surface area contributed by atoms with Gasteiger partial charge in [-0.15, -0.1) is 0 Å². The van der Waals surface area contributed by atoms with Crippen LogP contribution >= 0.6 is 0 Å². The maximum Gasteiger partial charge on any atom is 0.231 e. The first-order chi connectivity index (χ1) is 9.81. The SMILES string of the molecule is Nc1nc(NCCn2cccn2)nc(N2CCCC2)n1. The summed E-state index contributed by atoms with van der Waals surface area (Å²) >= 11 is 0. The number of hydrogen-bond donors (Lipinski definition) is 2. The van der Waals surface area contributed by atoms with Gasteiger partial charge in [0, 0.05) is 32.0 Å². The molecular formula is C12H18N8. The molecule has 1 aliphatic rings. The van der Waals surface area contributed by atoms with Crippen molar-refractivity contribution in [2.75, 3.05) is 35.6 Å². The minimum Gasteiger partial charge on any atom is -0.368 e. The first kappa shape index (κ1) is 12.6. The Bertz CT molecular complexity index is 547. The normalized spacial score (nSPS) is 14.7. The Morgan fingerprint density at radius 3 is 2.80 bits per heavy atom. The van der Waals surface area contributed by atoms with E-state index in [0.29, 0.717) is 18.4 Å². The Hall–Kier alpha value is -2.38. The third kappa shape index (κ3) is 2.95. The lowest BCUT2D eigenvalue weighted by molar-refractivity contribution is 0.636. The van der Waals surface area contributed by atoms with Gasteiger partial charge in [0.25, 0.3) is 0 Å². The van der Waals surface area contributed by atoms with E-state index in [1.807, 2.05) is 16.9 Å². The molecule has 0 saturated carbocycles. The monoisotopic (exact) mass is 274 g/mol. The zero-order chi connectivity index (χ0) is 13.8. The predicted octanol–water partition coefficient (Wildman–Crippen LogP) is 0.363. The van der Waals surface area contributed by atoms with E-state index in [0.717, 1.165) is 19.6 Å². The van der Waals surface area contributed by atoms with Crippen LogP contribution < -0.4 is 16.0 Å². The molecule has 2 aromatic heterocycles. The molecule has 0 unspecified atom stereocenters. The largest absolute Gasteiger partial charge is 0.368 e. The Balaban J connectivity index is 1.63. The summed E-state index contributed by atoms with van der Waals surface area (Å²) in [5.74, 6) is 1.44. The summed E-state index contributed by atoms with van der Waals surface area (Å²) in [5, 5.41) is 7.29. The van der Waals surface area contributed by atoms with Gasteiger partial charge in [0.05, 0.1) is 6.54 Å². The maximum atomic E-state index is 5.75. The van der Waals surface area contributed by atoms with E-state index in [1.165, 1.54) is 12.8 Å². The number of hydrogen-bond acceptors (Lipinski definition) is 7. The molecule has 0 spiro atoms. The highest BCUT2D eigenvalue weighted by Gasteiger charge is 2.16. The summed E-state index contributed by atoms with van der Waals surface area (Å²) in [4.78, 5) is 14.9. The summed E-state index contributed by atoms with van der Waals surface area (Å²) in [5.41, 5.74) is 5.75. The minimum absolute atomic E-state index is 0.253. The second kappa shape index (κ2) is 5.72. The fourth-order valence-corrected chi connectivity index (χ4v) is 2.23. The van der Waals surface area contributed by atoms with Gasteiger partial charge in [-0.2, -0.15) is 20.1 Å². The Kier molecular flexibility index (Phi) is 3.62. The van der Waals surface area contributed by atoms with E-state index < -0.39 is 0 Å². The van der Waals surface area contributed by atoms with Crippen LogP contribution in [-0.2, 0) is 6.54 Å². The lowest BCUT2D eigenvalue weighted by atomic mass is 10.4. The lowest BCUT2D eigenvalue weighted by Crippen LogP contribution is -2.22. The van der Waals surface area contributed by atoms with Gasteiger partial charge in [0.2, 0.25) is 17.8 Å². The molecule has 0 aliphatic carbocycles. The van der Waals surface area contributed by atoms with Gasteiger partial charge in [-0.25, -0.2) is 0 Å². The summed E-state index contributed by atoms with van der Waals surface area (Å²) in [6, 6.07) is 1.90. The average molecular weight is 274 g/mol. The molecule has 3 rings (SSSR count). The van der Waals surface area contributed by atoms with Gasteiger partial charge in [-0.1, -0.05) is 0 Å². The summed E-state index contributed by atoms with van der Waals surface area (Å²) in [6.45, 7) is 3.40. The van der Waals surface area contributed by atoms with Crippen molar-refractivity contribution in [1.82, 2.24) is 24.7 Å². The van der Waals surface area contributed by atoms with Crippen molar-refractivity contribution >= 4 is 17.8 Å². The number of rotatable bonds is 5. The molecule has 3 heterocycles. The second-order valence-electron chi connectivity index (χ2n) is 4.71. The third-order valence-electron chi connectivity index (χ3n) is 3.21. The number of nitrogens with two attached hydrogens (primary N) is 1. The Labute approximate surface area is 117 Å². The third-order valence-corrected chi connectivity index (χ3v) is 3.21. The highest BCUT2D eigenvalue weighted by molar-refractivity contribution is 5.42. The van der Waals surface area contributed by atoms with Crippen molar-refractivity contribution in [1.29, 1.82) is 0 Å². The molecule has 0 atom stereocenters. The van der Waals surface area contributed by atoms with Crippen LogP contribution in [0.15, 0.2) is 18.5 Å². The van der Waals surface area contributed by atoms with Crippen LogP contribution in [0.5, 0.6) is 0 Å². The molecule has 2 aromatic rings. The number of nitrogens with one attached hydrogen (secondary N) is 1. The van der Waals surface area contributed by atoms with Crippen molar-refractivity contribution in [3.63, 3.8) is 0 Å². The molecule has 1 aliphatic heterocycles. The van der Waals surface area contributed by atoms with Crippen LogP contribution in [0, 0.1) is 0 Å². The van der Waals surface area contributed by atoms with Crippen LogP contribution in [0.2, 0.25) is 0 Å². The molecule has 0 bridgehead atoms. The molecule has 20 heavy (non-hydrogen) atoms. The van der Waals surface area contributed by atoms with Gasteiger partial charge in [0.15, 0.2) is 0 Å². The zero-order valence-electron chi connectivity index (χ0n) is 11.2. The van der Waals surface area contributed by atoms with Gasteiger partial charge >= 0.3 is 0 Å². The van der Waals surface area contributed by atoms with Crippen molar-refractivity contribution in [3.8, 4) is 0 Å². The molecule has 1 fully saturated rings. The van der Waals surface area contributed by atoms with Gasteiger partial charge in [0.1, 0.15) is 0 Å². The topological polar surface area (TPSA) is 97.8 Å². The lowest BCUT2D eigenvalue weighted by Gasteiger charge is -2.16. The van der Waals surface area contributed by atoms with E-state index in [2.05, 4.69) is 30.3 Å². The number of nitrogen functional groups attached to an aromatic ring is 1. The van der Waals surface area contributed by atoms with Gasteiger partial charge < -0.3 is 16.0 Å². The molecular weight excluding hydrogens is 256 g/mol. The summed E-state index contributed by atoms with van der Waals surface area (Å²) in [6.07, 6.45) is 6.02. The van der Waals surface area contributed by atoms with Crippen LogP contribution in [0.1, 0.15) is 12.8 Å². The van der Waals surface area contributed by atoms with Crippen molar-refractivity contribution in [3.05, 3.63) is 18.5 Å². The molecule has 0 aromatic carbocycles. The molecule has 8 nitrogen and oxygen atoms in total. The summed E-state index contributed by atoms with van der Waals surface area (Å²) < 4.78 is 1.85. The Morgan fingerprint density at radius 2 is 2.05 bits per heavy atom. The number of aromatic nitrogens is 5. The quantitative estimate of drug-likeness (QED) is 0.812. The number of nitrogens with zero attached hydrogens (tertiary/aromatic N) is 6. The highest BCUT2D eigenvalue weighted by Crippen LogP contribution is 2.17. The average Bonchev–Trinajstić information content (AvgIpc) is 3.11. The molecule has 106 valence electrons. The fraction of sp³-hybridized carbons (Fsp3) is 0.500. The molecule has 3 N–H and O–H groups in total. The first-order valence-electron chi connectivity index (χ1n) is 6.79. The highest BCUT2D eigenvalue weighted by atomic mass is 15.3. The molecule has 8 heteroatoms. The first-order valence-corrected chi connectivity index (χ1v) is 6.79. The smallest absolute Gasteiger partial charge is 0.231 e. The van der Waals surface area contributed by atoms with E-state index in [4.69, 9.17) is 5.73 Å². The van der Waals surface area contributed by atoms with Crippen LogP contribution in [0.25, 0.3) is 0 Å². The molecule has 0 amide bonds. The summed E-state index contributed by atoms with van der Waals surface area (Å²) in [7, 11) is 0. The van der Waals surface area contributed by atoms with Gasteiger partial charge in [-0.3, -0.25) is 4.68 Å². The van der Waals surface area contributed by atoms with Gasteiger partial charge in [-0.05, 0) is 18.9 Å². The van der Waals surface area contributed by atoms with Crippen LogP contribution in [0.4, 0.5) is 17.8 Å². The zero-order valence-corrected chi connectivity index (χ0v) is 11.2. The standard InChI is InChI=1S/C12H18N8/c13-10-16-11(14-5-9-20-8-3-4-15-20)18-12(17-10)19-6-1-2-7-19/h3-4,8H,1-2,5-7,9H2,(H3,13,14,16,17,18). The van der Waals surface area contributed by atoms with E-state index in [1.54, 1.807) is 6.20 Å². The minimum atomic E-state index is 0.253. The van der Waals surface area contributed by atoms with E-state index in [-0.39, 0.29) is 5.95 Å². The van der Waals surface area contributed by atoms with E-state index >= 15 is 0 Å². The van der Waals surface area contributed by atoms with Crippen molar-refractivity contribution in [2.45, 2.75) is 19.4 Å². The van der Waals surface area contributed by atoms with Crippen LogP contribution in [0.3, 0.4) is 0 Å². The Morgan fingerprint density at radius 1 is 1.20 bits per heavy atom. The number of anilines is 3. The van der Waals surface area contributed by atoms with Crippen molar-refractivity contribution < 1.29 is 0 Å². The van der Waals surface area contributed by atoms with E-state index in [9.17, 15) is 0 Å². The molecule has 1 saturated heterocycles. The van der Waals surface area contributed by atoms with Crippen LogP contribution in [-0.4, -0.2) is 44.4 Å². The maximum absolute atomic E-state index is 5.75. The predicted molar refractivity (Wildman–Crippen MR) is 76.4 cm³/mol. The molecule has 0 radical (unpaired) electrons. The van der Waals surface area contributed by atoms with Crippen molar-refractivity contribution in [2.24, 2.45) is 0 Å². The second-order valence-corrected chi connectivity index (χ2v) is 4.71.